The number of carbonyl (C=O) groups is 1. The van der Waals surface area contributed by atoms with Crippen molar-refractivity contribution in [2.75, 3.05) is 19.1 Å². The van der Waals surface area contributed by atoms with Crippen LogP contribution < -0.4 is 9.64 Å². The number of fused-ring (bicyclic) bond motifs is 1. The first-order valence-corrected chi connectivity index (χ1v) is 5.51. The molecule has 3 nitrogen and oxygen atoms in total. The van der Waals surface area contributed by atoms with Crippen molar-refractivity contribution in [3.05, 3.63) is 23.8 Å². The summed E-state index contributed by atoms with van der Waals surface area (Å²) in [5.41, 5.74) is 2.41. The molecule has 0 radical (unpaired) electrons. The molecule has 0 saturated heterocycles. The lowest BCUT2D eigenvalue weighted by molar-refractivity contribution is -0.117. The molecule has 0 N–H and O–H groups in total. The molecule has 3 heteroatoms. The van der Waals surface area contributed by atoms with Crippen LogP contribution in [0.2, 0.25) is 0 Å². The average Bonchev–Trinajstić information content (AvgIpc) is 2.55. The number of nitrogens with zero attached hydrogens (tertiary/aromatic N) is 1. The van der Waals surface area contributed by atoms with Gasteiger partial charge >= 0.3 is 0 Å². The number of ketones is 1. The summed E-state index contributed by atoms with van der Waals surface area (Å²) < 4.78 is 5.35. The number of ether oxygens (including phenoxy) is 1. The molecular formula is C13H17NO2. The van der Waals surface area contributed by atoms with E-state index in [0.29, 0.717) is 6.42 Å². The summed E-state index contributed by atoms with van der Waals surface area (Å²) in [6, 6.07) is 6.33. The normalized spacial score (nSPS) is 18.4. The van der Waals surface area contributed by atoms with Crippen LogP contribution in [0, 0.1) is 0 Å². The zero-order valence-electron chi connectivity index (χ0n) is 9.99. The second-order valence-electron chi connectivity index (χ2n) is 4.33. The zero-order chi connectivity index (χ0) is 11.7. The molecular weight excluding hydrogens is 202 g/mol. The van der Waals surface area contributed by atoms with Crippen LogP contribution in [0.5, 0.6) is 5.75 Å². The van der Waals surface area contributed by atoms with E-state index in [1.54, 1.807) is 14.0 Å². The fraction of sp³-hybridized carbons (Fsp3) is 0.462. The van der Waals surface area contributed by atoms with E-state index in [0.717, 1.165) is 12.2 Å². The third-order valence-corrected chi connectivity index (χ3v) is 3.22. The van der Waals surface area contributed by atoms with Gasteiger partial charge in [0, 0.05) is 30.8 Å². The highest BCUT2D eigenvalue weighted by Gasteiger charge is 2.29. The molecule has 1 aliphatic heterocycles. The highest BCUT2D eigenvalue weighted by atomic mass is 16.5. The van der Waals surface area contributed by atoms with E-state index in [2.05, 4.69) is 11.0 Å². The molecule has 1 aromatic rings. The van der Waals surface area contributed by atoms with Gasteiger partial charge in [-0.05, 0) is 25.5 Å². The molecule has 1 aliphatic rings. The van der Waals surface area contributed by atoms with Gasteiger partial charge in [-0.1, -0.05) is 6.07 Å². The molecule has 0 saturated carbocycles. The first kappa shape index (κ1) is 11.0. The topological polar surface area (TPSA) is 29.5 Å². The molecule has 0 fully saturated rings. The van der Waals surface area contributed by atoms with E-state index in [1.807, 2.05) is 19.2 Å². The Hall–Kier alpha value is -1.51. The number of carbonyl (C=O) groups excluding carboxylic acids is 1. The van der Waals surface area contributed by atoms with Crippen LogP contribution in [-0.4, -0.2) is 26.0 Å². The maximum Gasteiger partial charge on any atom is 0.131 e. The first-order valence-electron chi connectivity index (χ1n) is 5.51. The molecule has 86 valence electrons. The van der Waals surface area contributed by atoms with Crippen LogP contribution in [0.15, 0.2) is 18.2 Å². The van der Waals surface area contributed by atoms with Crippen LogP contribution in [0.3, 0.4) is 0 Å². The summed E-state index contributed by atoms with van der Waals surface area (Å²) in [5.74, 6) is 1.17. The summed E-state index contributed by atoms with van der Waals surface area (Å²) in [6.45, 7) is 1.65. The minimum Gasteiger partial charge on any atom is -0.496 e. The Morgan fingerprint density at radius 1 is 1.56 bits per heavy atom. The Balaban J connectivity index is 2.30. The number of benzene rings is 1. The minimum atomic E-state index is 0.239. The molecule has 0 spiro atoms. The van der Waals surface area contributed by atoms with Crippen molar-refractivity contribution in [1.82, 2.24) is 0 Å². The SMILES string of the molecule is COc1cccc2c1CC(CC(C)=O)N2C. The molecule has 1 heterocycles. The van der Waals surface area contributed by atoms with Crippen molar-refractivity contribution >= 4 is 11.5 Å². The molecule has 1 aromatic carbocycles. The van der Waals surface area contributed by atoms with E-state index in [4.69, 9.17) is 4.74 Å². The van der Waals surface area contributed by atoms with Gasteiger partial charge in [-0.2, -0.15) is 0 Å². The smallest absolute Gasteiger partial charge is 0.131 e. The van der Waals surface area contributed by atoms with Gasteiger partial charge in [0.25, 0.3) is 0 Å². The van der Waals surface area contributed by atoms with Gasteiger partial charge in [-0.3, -0.25) is 4.79 Å². The van der Waals surface area contributed by atoms with Crippen molar-refractivity contribution in [1.29, 1.82) is 0 Å². The number of methoxy groups -OCH3 is 1. The van der Waals surface area contributed by atoms with E-state index in [1.165, 1.54) is 11.3 Å². The molecule has 2 rings (SSSR count). The number of hydrogen-bond donors (Lipinski definition) is 0. The molecule has 0 aromatic heterocycles. The number of rotatable bonds is 3. The third-order valence-electron chi connectivity index (χ3n) is 3.22. The fourth-order valence-corrected chi connectivity index (χ4v) is 2.39. The van der Waals surface area contributed by atoms with Gasteiger partial charge in [0.05, 0.1) is 7.11 Å². The fourth-order valence-electron chi connectivity index (χ4n) is 2.39. The molecule has 0 aliphatic carbocycles. The molecule has 0 amide bonds. The number of Topliss-reactive ketones (excluding diaryl/α,β-unsaturated/α-hetero) is 1. The lowest BCUT2D eigenvalue weighted by atomic mass is 10.1. The highest BCUT2D eigenvalue weighted by Crippen LogP contribution is 2.37. The summed E-state index contributed by atoms with van der Waals surface area (Å²) in [7, 11) is 3.73. The van der Waals surface area contributed by atoms with Crippen LogP contribution in [0.4, 0.5) is 5.69 Å². The molecule has 0 bridgehead atoms. The van der Waals surface area contributed by atoms with Gasteiger partial charge < -0.3 is 9.64 Å². The Bertz CT molecular complexity index is 414. The van der Waals surface area contributed by atoms with Crippen molar-refractivity contribution in [2.24, 2.45) is 0 Å². The highest BCUT2D eigenvalue weighted by molar-refractivity contribution is 5.78. The van der Waals surface area contributed by atoms with Gasteiger partial charge in [-0.25, -0.2) is 0 Å². The van der Waals surface area contributed by atoms with Gasteiger partial charge in [0.15, 0.2) is 0 Å². The molecule has 16 heavy (non-hydrogen) atoms. The lowest BCUT2D eigenvalue weighted by Crippen LogP contribution is -2.29. The van der Waals surface area contributed by atoms with Crippen molar-refractivity contribution in [3.63, 3.8) is 0 Å². The molecule has 1 unspecified atom stereocenters. The Labute approximate surface area is 96.0 Å². The quantitative estimate of drug-likeness (QED) is 0.779. The van der Waals surface area contributed by atoms with Gasteiger partial charge in [-0.15, -0.1) is 0 Å². The largest absolute Gasteiger partial charge is 0.496 e. The predicted octanol–water partition coefficient (Wildman–Crippen LogP) is 2.04. The third kappa shape index (κ3) is 1.77. The van der Waals surface area contributed by atoms with E-state index < -0.39 is 0 Å². The summed E-state index contributed by atoms with van der Waals surface area (Å²) in [4.78, 5) is 13.4. The number of likely N-dealkylation sites (N-methyl/N-ethyl adjacent to an activating group) is 1. The number of anilines is 1. The predicted molar refractivity (Wildman–Crippen MR) is 64.2 cm³/mol. The van der Waals surface area contributed by atoms with Crippen molar-refractivity contribution in [2.45, 2.75) is 25.8 Å². The maximum atomic E-state index is 11.2. The standard InChI is InChI=1S/C13H17NO2/c1-9(15)7-10-8-11-12(14(10)2)5-4-6-13(11)16-3/h4-6,10H,7-8H2,1-3H3. The van der Waals surface area contributed by atoms with Gasteiger partial charge in [0.2, 0.25) is 0 Å². The summed E-state index contributed by atoms with van der Waals surface area (Å²) in [5, 5.41) is 0. The number of hydrogen-bond acceptors (Lipinski definition) is 3. The average molecular weight is 219 g/mol. The summed E-state index contributed by atoms with van der Waals surface area (Å²) in [6.07, 6.45) is 1.50. The molecule has 1 atom stereocenters. The van der Waals surface area contributed by atoms with E-state index >= 15 is 0 Å². The van der Waals surface area contributed by atoms with Crippen LogP contribution in [0.1, 0.15) is 18.9 Å². The monoisotopic (exact) mass is 219 g/mol. The van der Waals surface area contributed by atoms with E-state index in [-0.39, 0.29) is 11.8 Å². The van der Waals surface area contributed by atoms with E-state index in [9.17, 15) is 4.79 Å². The van der Waals surface area contributed by atoms with Crippen molar-refractivity contribution < 1.29 is 9.53 Å². The van der Waals surface area contributed by atoms with Crippen LogP contribution >= 0.6 is 0 Å². The van der Waals surface area contributed by atoms with Crippen molar-refractivity contribution in [3.8, 4) is 5.75 Å². The Kier molecular flexibility index (Phi) is 2.86. The van der Waals surface area contributed by atoms with Crippen LogP contribution in [-0.2, 0) is 11.2 Å². The second kappa shape index (κ2) is 4.16. The van der Waals surface area contributed by atoms with Gasteiger partial charge in [0.1, 0.15) is 11.5 Å². The summed E-state index contributed by atoms with van der Waals surface area (Å²) >= 11 is 0. The maximum absolute atomic E-state index is 11.2. The second-order valence-corrected chi connectivity index (χ2v) is 4.33. The zero-order valence-corrected chi connectivity index (χ0v) is 9.99. The van der Waals surface area contributed by atoms with Crippen LogP contribution in [0.25, 0.3) is 0 Å². The lowest BCUT2D eigenvalue weighted by Gasteiger charge is -2.21. The first-order chi connectivity index (χ1) is 7.63. The minimum absolute atomic E-state index is 0.239. The Morgan fingerprint density at radius 2 is 2.31 bits per heavy atom. The Morgan fingerprint density at radius 3 is 2.94 bits per heavy atom.